The Labute approximate surface area is 115 Å². The third kappa shape index (κ3) is 3.90. The Kier molecular flexibility index (Phi) is 5.14. The summed E-state index contributed by atoms with van der Waals surface area (Å²) in [5.74, 6) is 0.945. The lowest BCUT2D eigenvalue weighted by atomic mass is 10.0. The Balaban J connectivity index is 2.02. The van der Waals surface area contributed by atoms with Gasteiger partial charge in [0, 0.05) is 25.3 Å². The highest BCUT2D eigenvalue weighted by molar-refractivity contribution is 5.41. The molecular weight excluding hydrogens is 241 g/mol. The highest BCUT2D eigenvalue weighted by Gasteiger charge is 2.25. The van der Waals surface area contributed by atoms with E-state index in [4.69, 9.17) is 0 Å². The van der Waals surface area contributed by atoms with E-state index in [2.05, 4.69) is 29.0 Å². The van der Waals surface area contributed by atoms with Gasteiger partial charge in [-0.25, -0.2) is 9.37 Å². The predicted octanol–water partition coefficient (Wildman–Crippen LogP) is 2.83. The van der Waals surface area contributed by atoms with Gasteiger partial charge >= 0.3 is 0 Å². The molecule has 1 saturated heterocycles. The number of anilines is 1. The topological polar surface area (TPSA) is 28.2 Å². The molecule has 106 valence electrons. The van der Waals surface area contributed by atoms with Crippen LogP contribution in [0.3, 0.4) is 0 Å². The van der Waals surface area contributed by atoms with Crippen molar-refractivity contribution in [2.24, 2.45) is 5.92 Å². The van der Waals surface area contributed by atoms with Gasteiger partial charge in [0.1, 0.15) is 0 Å². The van der Waals surface area contributed by atoms with Gasteiger partial charge in [0.15, 0.2) is 11.6 Å². The van der Waals surface area contributed by atoms with Crippen molar-refractivity contribution in [2.75, 3.05) is 24.5 Å². The zero-order chi connectivity index (χ0) is 13.7. The number of pyridine rings is 1. The molecule has 0 amide bonds. The predicted molar refractivity (Wildman–Crippen MR) is 76.9 cm³/mol. The Morgan fingerprint density at radius 3 is 3.05 bits per heavy atom. The first-order valence-electron chi connectivity index (χ1n) is 7.26. The molecule has 1 aliphatic heterocycles. The highest BCUT2D eigenvalue weighted by Crippen LogP contribution is 2.24. The van der Waals surface area contributed by atoms with Crippen LogP contribution in [0.15, 0.2) is 18.3 Å². The molecule has 3 nitrogen and oxygen atoms in total. The molecule has 2 rings (SSSR count). The maximum Gasteiger partial charge on any atom is 0.165 e. The van der Waals surface area contributed by atoms with Crippen molar-refractivity contribution in [3.63, 3.8) is 0 Å². The fourth-order valence-electron chi connectivity index (χ4n) is 2.62. The summed E-state index contributed by atoms with van der Waals surface area (Å²) in [5, 5.41) is 3.48. The number of nitrogens with one attached hydrogen (secondary N) is 1. The molecule has 0 radical (unpaired) electrons. The summed E-state index contributed by atoms with van der Waals surface area (Å²) in [6.07, 6.45) is 5.13. The second-order valence-electron chi connectivity index (χ2n) is 5.70. The van der Waals surface area contributed by atoms with Crippen molar-refractivity contribution >= 4 is 5.82 Å². The largest absolute Gasteiger partial charge is 0.350 e. The normalized spacial score (nSPS) is 20.0. The van der Waals surface area contributed by atoms with Gasteiger partial charge in [0.05, 0.1) is 0 Å². The van der Waals surface area contributed by atoms with Gasteiger partial charge in [-0.15, -0.1) is 0 Å². The van der Waals surface area contributed by atoms with E-state index in [1.54, 1.807) is 12.3 Å². The summed E-state index contributed by atoms with van der Waals surface area (Å²) in [5.41, 5.74) is 0. The van der Waals surface area contributed by atoms with Crippen molar-refractivity contribution in [1.29, 1.82) is 0 Å². The fourth-order valence-corrected chi connectivity index (χ4v) is 2.62. The zero-order valence-corrected chi connectivity index (χ0v) is 11.9. The summed E-state index contributed by atoms with van der Waals surface area (Å²) < 4.78 is 13.9. The molecule has 0 saturated carbocycles. The van der Waals surface area contributed by atoms with Gasteiger partial charge in [0.25, 0.3) is 0 Å². The van der Waals surface area contributed by atoms with Crippen LogP contribution >= 0.6 is 0 Å². The van der Waals surface area contributed by atoms with Crippen molar-refractivity contribution in [1.82, 2.24) is 10.3 Å². The van der Waals surface area contributed by atoms with E-state index in [0.29, 0.717) is 17.8 Å². The molecule has 0 aliphatic carbocycles. The molecule has 1 unspecified atom stereocenters. The van der Waals surface area contributed by atoms with Crippen LogP contribution in [0.25, 0.3) is 0 Å². The van der Waals surface area contributed by atoms with E-state index in [-0.39, 0.29) is 5.82 Å². The van der Waals surface area contributed by atoms with E-state index in [0.717, 1.165) is 32.5 Å². The van der Waals surface area contributed by atoms with Gasteiger partial charge in [-0.3, -0.25) is 0 Å². The second kappa shape index (κ2) is 6.85. The molecule has 1 fully saturated rings. The Morgan fingerprint density at radius 2 is 2.32 bits per heavy atom. The van der Waals surface area contributed by atoms with Gasteiger partial charge in [0.2, 0.25) is 0 Å². The smallest absolute Gasteiger partial charge is 0.165 e. The third-order valence-corrected chi connectivity index (χ3v) is 3.57. The molecule has 1 aliphatic rings. The Bertz CT molecular complexity index is 395. The van der Waals surface area contributed by atoms with Crippen molar-refractivity contribution in [3.8, 4) is 0 Å². The molecule has 19 heavy (non-hydrogen) atoms. The van der Waals surface area contributed by atoms with Crippen molar-refractivity contribution < 1.29 is 4.39 Å². The maximum absolute atomic E-state index is 13.9. The molecular formula is C15H24FN3. The van der Waals surface area contributed by atoms with Gasteiger partial charge in [-0.05, 0) is 43.9 Å². The summed E-state index contributed by atoms with van der Waals surface area (Å²) in [6, 6.07) is 3.50. The van der Waals surface area contributed by atoms with Crippen LogP contribution in [0.2, 0.25) is 0 Å². The molecule has 1 aromatic heterocycles. The van der Waals surface area contributed by atoms with Crippen LogP contribution in [-0.2, 0) is 0 Å². The first kappa shape index (κ1) is 14.3. The van der Waals surface area contributed by atoms with E-state index in [1.807, 2.05) is 0 Å². The van der Waals surface area contributed by atoms with Crippen LogP contribution in [0.5, 0.6) is 0 Å². The van der Waals surface area contributed by atoms with Crippen LogP contribution in [0, 0.1) is 11.7 Å². The number of aromatic nitrogens is 1. The zero-order valence-electron chi connectivity index (χ0n) is 11.9. The highest BCUT2D eigenvalue weighted by atomic mass is 19.1. The van der Waals surface area contributed by atoms with Crippen LogP contribution in [0.4, 0.5) is 10.2 Å². The van der Waals surface area contributed by atoms with Gasteiger partial charge in [-0.1, -0.05) is 13.8 Å². The van der Waals surface area contributed by atoms with E-state index < -0.39 is 0 Å². The molecule has 0 bridgehead atoms. The standard InChI is InChI=1S/C15H24FN3/c1-12(2)10-17-11-13-6-3-4-9-19(13)15-14(16)7-5-8-18-15/h5,7-8,12-13,17H,3-4,6,9-11H2,1-2H3. The molecule has 1 atom stereocenters. The van der Waals surface area contributed by atoms with Gasteiger partial charge < -0.3 is 10.2 Å². The Morgan fingerprint density at radius 1 is 1.47 bits per heavy atom. The number of rotatable bonds is 5. The van der Waals surface area contributed by atoms with Crippen LogP contribution < -0.4 is 10.2 Å². The average Bonchev–Trinajstić information content (AvgIpc) is 2.40. The van der Waals surface area contributed by atoms with E-state index >= 15 is 0 Å². The van der Waals surface area contributed by atoms with Crippen molar-refractivity contribution in [2.45, 2.75) is 39.2 Å². The molecule has 0 aromatic carbocycles. The first-order valence-corrected chi connectivity index (χ1v) is 7.26. The lowest BCUT2D eigenvalue weighted by Gasteiger charge is -2.37. The summed E-state index contributed by atoms with van der Waals surface area (Å²) in [7, 11) is 0. The number of piperidine rings is 1. The molecule has 2 heterocycles. The first-order chi connectivity index (χ1) is 9.18. The average molecular weight is 265 g/mol. The molecule has 1 N–H and O–H groups in total. The number of halogens is 1. The SMILES string of the molecule is CC(C)CNCC1CCCCN1c1ncccc1F. The second-order valence-corrected chi connectivity index (χ2v) is 5.70. The number of hydrogen-bond acceptors (Lipinski definition) is 3. The fraction of sp³-hybridized carbons (Fsp3) is 0.667. The number of hydrogen-bond donors (Lipinski definition) is 1. The maximum atomic E-state index is 13.9. The van der Waals surface area contributed by atoms with E-state index in [1.165, 1.54) is 12.5 Å². The minimum absolute atomic E-state index is 0.210. The Hall–Kier alpha value is -1.16. The lowest BCUT2D eigenvalue weighted by Crippen LogP contribution is -2.46. The third-order valence-electron chi connectivity index (χ3n) is 3.57. The monoisotopic (exact) mass is 265 g/mol. The summed E-state index contributed by atoms with van der Waals surface area (Å²) in [6.45, 7) is 7.22. The quantitative estimate of drug-likeness (QED) is 0.887. The lowest BCUT2D eigenvalue weighted by molar-refractivity contribution is 0.415. The molecule has 1 aromatic rings. The number of nitrogens with zero attached hydrogens (tertiary/aromatic N) is 2. The summed E-state index contributed by atoms with van der Waals surface area (Å²) >= 11 is 0. The van der Waals surface area contributed by atoms with E-state index in [9.17, 15) is 4.39 Å². The summed E-state index contributed by atoms with van der Waals surface area (Å²) in [4.78, 5) is 6.35. The minimum atomic E-state index is -0.210. The molecule has 4 heteroatoms. The van der Waals surface area contributed by atoms with Crippen LogP contribution in [0.1, 0.15) is 33.1 Å². The van der Waals surface area contributed by atoms with Gasteiger partial charge in [-0.2, -0.15) is 0 Å². The molecule has 0 spiro atoms. The van der Waals surface area contributed by atoms with Crippen molar-refractivity contribution in [3.05, 3.63) is 24.1 Å². The van der Waals surface area contributed by atoms with Crippen LogP contribution in [-0.4, -0.2) is 30.7 Å². The minimum Gasteiger partial charge on any atom is -0.350 e.